The van der Waals surface area contributed by atoms with E-state index in [4.69, 9.17) is 0 Å². The summed E-state index contributed by atoms with van der Waals surface area (Å²) in [5.41, 5.74) is 1.28. The van der Waals surface area contributed by atoms with Gasteiger partial charge in [0.2, 0.25) is 0 Å². The molecule has 0 aromatic carbocycles. The highest BCUT2D eigenvalue weighted by atomic mass is 32.2. The number of rotatable bonds is 6. The fourth-order valence-electron chi connectivity index (χ4n) is 1.49. The van der Waals surface area contributed by atoms with E-state index in [1.165, 1.54) is 5.56 Å². The molecule has 4 heteroatoms. The molecule has 0 fully saturated rings. The van der Waals surface area contributed by atoms with Crippen LogP contribution in [0.3, 0.4) is 0 Å². The van der Waals surface area contributed by atoms with Gasteiger partial charge in [-0.2, -0.15) is 0 Å². The molecule has 1 aromatic heterocycles. The Morgan fingerprint density at radius 1 is 1.60 bits per heavy atom. The van der Waals surface area contributed by atoms with Gasteiger partial charge in [0.25, 0.3) is 0 Å². The molecular formula is C11H20N2OS. The minimum Gasteiger partial charge on any atom is -0.354 e. The zero-order valence-corrected chi connectivity index (χ0v) is 10.5. The molecule has 0 amide bonds. The Hall–Kier alpha value is -0.610. The molecule has 86 valence electrons. The third-order valence-corrected chi connectivity index (χ3v) is 3.29. The minimum atomic E-state index is -0.718. The number of aromatic nitrogens is 1. The van der Waals surface area contributed by atoms with Crippen molar-refractivity contribution in [2.75, 3.05) is 12.0 Å². The Kier molecular flexibility index (Phi) is 5.05. The van der Waals surface area contributed by atoms with Crippen LogP contribution in [0.5, 0.6) is 0 Å². The van der Waals surface area contributed by atoms with Gasteiger partial charge in [0.1, 0.15) is 0 Å². The van der Waals surface area contributed by atoms with Crippen molar-refractivity contribution in [3.63, 3.8) is 0 Å². The largest absolute Gasteiger partial charge is 0.354 e. The molecule has 0 saturated heterocycles. The molecule has 2 unspecified atom stereocenters. The van der Waals surface area contributed by atoms with Crippen LogP contribution in [0.2, 0.25) is 0 Å². The third kappa shape index (κ3) is 4.62. The number of nitrogens with one attached hydrogen (secondary N) is 1. The van der Waals surface area contributed by atoms with Gasteiger partial charge in [0.15, 0.2) is 0 Å². The van der Waals surface area contributed by atoms with Crippen LogP contribution in [0.25, 0.3) is 0 Å². The maximum absolute atomic E-state index is 11.0. The first-order valence-electron chi connectivity index (χ1n) is 5.30. The second-order valence-corrected chi connectivity index (χ2v) is 5.35. The van der Waals surface area contributed by atoms with Crippen LogP contribution in [0.15, 0.2) is 18.5 Å². The van der Waals surface area contributed by atoms with Gasteiger partial charge in [-0.15, -0.1) is 0 Å². The summed E-state index contributed by atoms with van der Waals surface area (Å²) in [4.78, 5) is 0. The molecule has 15 heavy (non-hydrogen) atoms. The summed E-state index contributed by atoms with van der Waals surface area (Å²) in [6.45, 7) is 6.05. The lowest BCUT2D eigenvalue weighted by Crippen LogP contribution is -2.30. The zero-order valence-electron chi connectivity index (χ0n) is 9.69. The molecule has 0 aliphatic heterocycles. The van der Waals surface area contributed by atoms with Crippen LogP contribution in [0, 0.1) is 0 Å². The summed E-state index contributed by atoms with van der Waals surface area (Å²) in [5.74, 6) is 0.717. The van der Waals surface area contributed by atoms with E-state index >= 15 is 0 Å². The van der Waals surface area contributed by atoms with Crippen molar-refractivity contribution in [1.29, 1.82) is 0 Å². The Bertz CT molecular complexity index is 322. The van der Waals surface area contributed by atoms with Crippen LogP contribution in [0.4, 0.5) is 0 Å². The summed E-state index contributed by atoms with van der Waals surface area (Å²) < 4.78 is 13.1. The van der Waals surface area contributed by atoms with E-state index in [-0.39, 0.29) is 0 Å². The van der Waals surface area contributed by atoms with Gasteiger partial charge in [-0.25, -0.2) is 0 Å². The van der Waals surface area contributed by atoms with E-state index < -0.39 is 10.8 Å². The molecule has 0 saturated carbocycles. The van der Waals surface area contributed by atoms with Crippen molar-refractivity contribution >= 4 is 10.8 Å². The molecule has 0 bridgehead atoms. The average molecular weight is 228 g/mol. The summed E-state index contributed by atoms with van der Waals surface area (Å²) in [6, 6.07) is 2.42. The monoisotopic (exact) mass is 228 g/mol. The maximum Gasteiger partial charge on any atom is 0.0383 e. The molecule has 0 radical (unpaired) electrons. The predicted molar refractivity (Wildman–Crippen MR) is 65.3 cm³/mol. The summed E-state index contributed by atoms with van der Waals surface area (Å²) in [5, 5.41) is 3.36. The van der Waals surface area contributed by atoms with Crippen molar-refractivity contribution in [2.45, 2.75) is 33.0 Å². The van der Waals surface area contributed by atoms with Crippen molar-refractivity contribution in [3.8, 4) is 0 Å². The second kappa shape index (κ2) is 6.08. The van der Waals surface area contributed by atoms with Crippen LogP contribution in [-0.2, 0) is 23.9 Å². The lowest BCUT2D eigenvalue weighted by Gasteiger charge is -2.11. The first kappa shape index (κ1) is 12.5. The van der Waals surface area contributed by atoms with E-state index in [9.17, 15) is 4.21 Å². The van der Waals surface area contributed by atoms with Crippen LogP contribution < -0.4 is 5.32 Å². The Morgan fingerprint density at radius 3 is 2.87 bits per heavy atom. The first-order valence-corrected chi connectivity index (χ1v) is 7.02. The summed E-state index contributed by atoms with van der Waals surface area (Å²) in [6.07, 6.45) is 5.97. The van der Waals surface area contributed by atoms with E-state index in [2.05, 4.69) is 42.2 Å². The molecule has 0 aliphatic carbocycles. The van der Waals surface area contributed by atoms with Crippen LogP contribution in [0.1, 0.15) is 19.4 Å². The van der Waals surface area contributed by atoms with Gasteiger partial charge in [-0.3, -0.25) is 4.21 Å². The highest BCUT2D eigenvalue weighted by Gasteiger charge is 2.03. The van der Waals surface area contributed by atoms with Gasteiger partial charge < -0.3 is 9.88 Å². The quantitative estimate of drug-likeness (QED) is 0.798. The van der Waals surface area contributed by atoms with Crippen molar-refractivity contribution in [1.82, 2.24) is 9.88 Å². The number of hydrogen-bond donors (Lipinski definition) is 1. The Labute approximate surface area is 94.3 Å². The van der Waals surface area contributed by atoms with E-state index in [1.807, 2.05) is 0 Å². The fraction of sp³-hybridized carbons (Fsp3) is 0.636. The molecular weight excluding hydrogens is 208 g/mol. The normalized spacial score (nSPS) is 15.1. The topological polar surface area (TPSA) is 34.0 Å². The number of nitrogens with zero attached hydrogens (tertiary/aromatic N) is 1. The first-order chi connectivity index (χ1) is 7.11. The molecule has 3 nitrogen and oxygen atoms in total. The maximum atomic E-state index is 11.0. The van der Waals surface area contributed by atoms with Crippen molar-refractivity contribution in [2.24, 2.45) is 0 Å². The molecule has 0 aliphatic rings. The molecule has 1 N–H and O–H groups in total. The number of aryl methyl sites for hydroxylation is 1. The average Bonchev–Trinajstić information content (AvgIpc) is 2.61. The Balaban J connectivity index is 2.33. The SMILES string of the molecule is CCn1ccc(CNC(C)CS(C)=O)c1. The van der Waals surface area contributed by atoms with Gasteiger partial charge >= 0.3 is 0 Å². The second-order valence-electron chi connectivity index (χ2n) is 3.87. The lowest BCUT2D eigenvalue weighted by molar-refractivity contribution is 0.586. The van der Waals surface area contributed by atoms with E-state index in [1.54, 1.807) is 6.26 Å². The highest BCUT2D eigenvalue weighted by molar-refractivity contribution is 7.84. The standard InChI is InChI=1S/C11H20N2OS/c1-4-13-6-5-11(8-13)7-12-10(2)9-15(3)14/h5-6,8,10,12H,4,7,9H2,1-3H3. The van der Waals surface area contributed by atoms with Crippen LogP contribution >= 0.6 is 0 Å². The molecule has 1 heterocycles. The predicted octanol–water partition coefficient (Wildman–Crippen LogP) is 1.36. The fourth-order valence-corrected chi connectivity index (χ4v) is 2.32. The number of hydrogen-bond acceptors (Lipinski definition) is 2. The molecule has 0 spiro atoms. The van der Waals surface area contributed by atoms with Crippen LogP contribution in [-0.4, -0.2) is 26.8 Å². The van der Waals surface area contributed by atoms with Gasteiger partial charge in [0.05, 0.1) is 0 Å². The summed E-state index contributed by atoms with van der Waals surface area (Å²) in [7, 11) is -0.718. The van der Waals surface area contributed by atoms with Gasteiger partial charge in [0, 0.05) is 54.3 Å². The summed E-state index contributed by atoms with van der Waals surface area (Å²) >= 11 is 0. The van der Waals surface area contributed by atoms with Gasteiger partial charge in [-0.1, -0.05) is 0 Å². The molecule has 1 rings (SSSR count). The van der Waals surface area contributed by atoms with Crippen molar-refractivity contribution < 1.29 is 4.21 Å². The smallest absolute Gasteiger partial charge is 0.0383 e. The minimum absolute atomic E-state index is 0.306. The zero-order chi connectivity index (χ0) is 11.3. The Morgan fingerprint density at radius 2 is 2.33 bits per heavy atom. The molecule has 1 aromatic rings. The van der Waals surface area contributed by atoms with Gasteiger partial charge in [-0.05, 0) is 25.5 Å². The van der Waals surface area contributed by atoms with Crippen molar-refractivity contribution in [3.05, 3.63) is 24.0 Å². The van der Waals surface area contributed by atoms with E-state index in [0.717, 1.165) is 13.1 Å². The third-order valence-electron chi connectivity index (χ3n) is 2.32. The highest BCUT2D eigenvalue weighted by Crippen LogP contribution is 2.01. The molecule has 2 atom stereocenters. The lowest BCUT2D eigenvalue weighted by atomic mass is 10.3. The van der Waals surface area contributed by atoms with E-state index in [0.29, 0.717) is 11.8 Å².